The fourth-order valence-corrected chi connectivity index (χ4v) is 0.333. The zero-order valence-corrected chi connectivity index (χ0v) is 5.86. The van der Waals surface area contributed by atoms with Gasteiger partial charge in [-0.25, -0.2) is 0 Å². The number of likely N-dealkylation sites (N-methyl/N-ethyl adjacent to an activating group) is 1. The van der Waals surface area contributed by atoms with Crippen LogP contribution in [-0.2, 0) is 9.59 Å². The summed E-state index contributed by atoms with van der Waals surface area (Å²) in [6, 6.07) is 0. The van der Waals surface area contributed by atoms with Crippen molar-refractivity contribution in [3.05, 3.63) is 0 Å². The Bertz CT molecular complexity index is 161. The molecule has 0 aromatic heterocycles. The van der Waals surface area contributed by atoms with Crippen LogP contribution in [0, 0.1) is 0 Å². The van der Waals surface area contributed by atoms with Gasteiger partial charge in [0.05, 0.1) is 6.54 Å². The molecule has 0 spiro atoms. The molecule has 0 aliphatic heterocycles. The molecule has 2 N–H and O–H groups in total. The lowest BCUT2D eigenvalue weighted by atomic mass is 10.5. The van der Waals surface area contributed by atoms with E-state index >= 15 is 0 Å². The van der Waals surface area contributed by atoms with Crippen molar-refractivity contribution in [2.45, 2.75) is 6.43 Å². The Hall–Kier alpha value is -1.20. The Morgan fingerprint density at radius 2 is 2.00 bits per heavy atom. The molecule has 0 unspecified atom stereocenters. The maximum absolute atomic E-state index is 11.4. The van der Waals surface area contributed by atoms with E-state index < -0.39 is 24.8 Å². The molecule has 0 aliphatic carbocycles. The fourth-order valence-electron chi connectivity index (χ4n) is 0.333. The highest BCUT2D eigenvalue weighted by atomic mass is 19.3. The molecular weight excluding hydrogens is 158 g/mol. The van der Waals surface area contributed by atoms with Gasteiger partial charge in [-0.2, -0.15) is 8.78 Å². The quantitative estimate of drug-likeness (QED) is 0.571. The minimum absolute atomic E-state index is 0.417. The normalized spacial score (nSPS) is 9.45. The number of hydrogen-bond acceptors (Lipinski definition) is 2. The van der Waals surface area contributed by atoms with Gasteiger partial charge in [0.1, 0.15) is 0 Å². The van der Waals surface area contributed by atoms with Gasteiger partial charge in [0.25, 0.3) is 5.91 Å². The van der Waals surface area contributed by atoms with Gasteiger partial charge in [0.15, 0.2) is 0 Å². The zero-order valence-electron chi connectivity index (χ0n) is 5.86. The second-order valence-electron chi connectivity index (χ2n) is 1.69. The number of carbonyl (C=O) groups excluding carboxylic acids is 2. The van der Waals surface area contributed by atoms with E-state index in [2.05, 4.69) is 5.32 Å². The molecule has 0 rings (SSSR count). The van der Waals surface area contributed by atoms with Crippen LogP contribution in [0.4, 0.5) is 8.78 Å². The molecule has 11 heavy (non-hydrogen) atoms. The highest BCUT2D eigenvalue weighted by Crippen LogP contribution is 1.89. The van der Waals surface area contributed by atoms with Crippen LogP contribution in [0.25, 0.3) is 0 Å². The van der Waals surface area contributed by atoms with Crippen molar-refractivity contribution >= 4 is 11.8 Å². The first-order valence-corrected chi connectivity index (χ1v) is 2.84. The SMILES string of the molecule is CNC(=O)CNC(=O)C(F)F. The summed E-state index contributed by atoms with van der Waals surface area (Å²) < 4.78 is 22.9. The molecule has 0 bridgehead atoms. The molecule has 6 heteroatoms. The number of hydrogen-bond donors (Lipinski definition) is 2. The zero-order chi connectivity index (χ0) is 8.85. The van der Waals surface area contributed by atoms with Gasteiger partial charge < -0.3 is 10.6 Å². The maximum atomic E-state index is 11.4. The number of rotatable bonds is 3. The summed E-state index contributed by atoms with van der Waals surface area (Å²) in [5.41, 5.74) is 0. The lowest BCUT2D eigenvalue weighted by Gasteiger charge is -2.01. The van der Waals surface area contributed by atoms with Gasteiger partial charge in [-0.05, 0) is 0 Å². The highest BCUT2D eigenvalue weighted by molar-refractivity contribution is 5.85. The van der Waals surface area contributed by atoms with Gasteiger partial charge in [0, 0.05) is 7.05 Å². The summed E-state index contributed by atoms with van der Waals surface area (Å²) in [4.78, 5) is 20.5. The number of amides is 2. The molecule has 0 heterocycles. The summed E-state index contributed by atoms with van der Waals surface area (Å²) in [6.07, 6.45) is -3.07. The predicted molar refractivity (Wildman–Crippen MR) is 33.1 cm³/mol. The number of alkyl halides is 2. The Morgan fingerprint density at radius 1 is 1.45 bits per heavy atom. The Labute approximate surface area is 62.0 Å². The summed E-state index contributed by atoms with van der Waals surface area (Å²) in [5, 5.41) is 3.89. The molecule has 0 fully saturated rings. The van der Waals surface area contributed by atoms with Crippen LogP contribution in [0.3, 0.4) is 0 Å². The lowest BCUT2D eigenvalue weighted by molar-refractivity contribution is -0.133. The molecule has 64 valence electrons. The molecule has 2 amide bonds. The van der Waals surface area contributed by atoms with Crippen molar-refractivity contribution in [3.8, 4) is 0 Å². The maximum Gasteiger partial charge on any atom is 0.315 e. The number of carbonyl (C=O) groups is 2. The van der Waals surface area contributed by atoms with Crippen LogP contribution in [-0.4, -0.2) is 31.8 Å². The largest absolute Gasteiger partial charge is 0.358 e. The van der Waals surface area contributed by atoms with Crippen molar-refractivity contribution in [1.29, 1.82) is 0 Å². The first-order valence-electron chi connectivity index (χ1n) is 2.84. The van der Waals surface area contributed by atoms with E-state index in [0.717, 1.165) is 0 Å². The van der Waals surface area contributed by atoms with Crippen molar-refractivity contribution in [2.75, 3.05) is 13.6 Å². The Morgan fingerprint density at radius 3 is 2.36 bits per heavy atom. The van der Waals surface area contributed by atoms with Crippen LogP contribution in [0.1, 0.15) is 0 Å². The molecule has 0 radical (unpaired) electrons. The van der Waals surface area contributed by atoms with E-state index in [1.54, 1.807) is 5.32 Å². The molecule has 0 aliphatic rings. The molecule has 0 saturated carbocycles. The van der Waals surface area contributed by atoms with E-state index in [-0.39, 0.29) is 0 Å². The van der Waals surface area contributed by atoms with Gasteiger partial charge >= 0.3 is 6.43 Å². The first kappa shape index (κ1) is 9.80. The van der Waals surface area contributed by atoms with E-state index in [4.69, 9.17) is 0 Å². The average Bonchev–Trinajstić information content (AvgIpc) is 1.99. The molecule has 0 aromatic rings. The molecular formula is C5H8F2N2O2. The standard InChI is InChI=1S/C5H8F2N2O2/c1-8-3(10)2-9-5(11)4(6)7/h4H,2H2,1H3,(H,8,10)(H,9,11). The highest BCUT2D eigenvalue weighted by Gasteiger charge is 2.14. The third-order valence-electron chi connectivity index (χ3n) is 0.900. The van der Waals surface area contributed by atoms with Crippen molar-refractivity contribution in [1.82, 2.24) is 10.6 Å². The summed E-state index contributed by atoms with van der Waals surface area (Å²) >= 11 is 0. The Balaban J connectivity index is 3.54. The van der Waals surface area contributed by atoms with Gasteiger partial charge in [-0.15, -0.1) is 0 Å². The molecule has 0 aromatic carbocycles. The van der Waals surface area contributed by atoms with Crippen LogP contribution in [0.5, 0.6) is 0 Å². The van der Waals surface area contributed by atoms with Crippen molar-refractivity contribution in [2.24, 2.45) is 0 Å². The van der Waals surface area contributed by atoms with Gasteiger partial charge in [0.2, 0.25) is 5.91 Å². The van der Waals surface area contributed by atoms with E-state index in [1.807, 2.05) is 0 Å². The number of nitrogens with one attached hydrogen (secondary N) is 2. The van der Waals surface area contributed by atoms with E-state index in [1.165, 1.54) is 7.05 Å². The van der Waals surface area contributed by atoms with Gasteiger partial charge in [-0.3, -0.25) is 9.59 Å². The lowest BCUT2D eigenvalue weighted by Crippen LogP contribution is -2.38. The smallest absolute Gasteiger partial charge is 0.315 e. The molecule has 4 nitrogen and oxygen atoms in total. The summed E-state index contributed by atoms with van der Waals surface area (Å²) in [5.74, 6) is -1.95. The van der Waals surface area contributed by atoms with Gasteiger partial charge in [-0.1, -0.05) is 0 Å². The second kappa shape index (κ2) is 4.59. The minimum Gasteiger partial charge on any atom is -0.358 e. The second-order valence-corrected chi connectivity index (χ2v) is 1.69. The van der Waals surface area contributed by atoms with Crippen molar-refractivity contribution in [3.63, 3.8) is 0 Å². The summed E-state index contributed by atoms with van der Waals surface area (Å²) in [6.45, 7) is -0.417. The third kappa shape index (κ3) is 4.24. The van der Waals surface area contributed by atoms with Crippen molar-refractivity contribution < 1.29 is 18.4 Å². The molecule has 0 saturated heterocycles. The van der Waals surface area contributed by atoms with Crippen LogP contribution in [0.15, 0.2) is 0 Å². The Kier molecular flexibility index (Phi) is 4.09. The topological polar surface area (TPSA) is 58.2 Å². The van der Waals surface area contributed by atoms with E-state index in [0.29, 0.717) is 0 Å². The average molecular weight is 166 g/mol. The summed E-state index contributed by atoms with van der Waals surface area (Å²) in [7, 11) is 1.34. The predicted octanol–water partition coefficient (Wildman–Crippen LogP) is -0.886. The van der Waals surface area contributed by atoms with Crippen LogP contribution < -0.4 is 10.6 Å². The molecule has 0 atom stereocenters. The fraction of sp³-hybridized carbons (Fsp3) is 0.600. The van der Waals surface area contributed by atoms with E-state index in [9.17, 15) is 18.4 Å². The minimum atomic E-state index is -3.07. The van der Waals surface area contributed by atoms with Crippen LogP contribution >= 0.6 is 0 Å². The first-order chi connectivity index (χ1) is 5.07. The third-order valence-corrected chi connectivity index (χ3v) is 0.900. The monoisotopic (exact) mass is 166 g/mol. The van der Waals surface area contributed by atoms with Crippen LogP contribution in [0.2, 0.25) is 0 Å². The number of halogens is 2.